The van der Waals surface area contributed by atoms with E-state index in [2.05, 4.69) is 31.3 Å². The van der Waals surface area contributed by atoms with Crippen molar-refractivity contribution in [3.8, 4) is 0 Å². The maximum atomic E-state index is 11.7. The van der Waals surface area contributed by atoms with E-state index in [0.717, 1.165) is 12.8 Å². The third-order valence-corrected chi connectivity index (χ3v) is 3.16. The lowest BCUT2D eigenvalue weighted by Gasteiger charge is -2.20. The van der Waals surface area contributed by atoms with Gasteiger partial charge in [0, 0.05) is 12.6 Å². The number of carbonyl (C=O) groups is 1. The van der Waals surface area contributed by atoms with Crippen LogP contribution in [0.4, 0.5) is 0 Å². The zero-order valence-electron chi connectivity index (χ0n) is 12.6. The second-order valence-corrected chi connectivity index (χ2v) is 5.56. The Morgan fingerprint density at radius 2 is 1.95 bits per heavy atom. The van der Waals surface area contributed by atoms with Gasteiger partial charge in [0.05, 0.1) is 7.11 Å². The van der Waals surface area contributed by atoms with Crippen molar-refractivity contribution in [3.63, 3.8) is 0 Å². The third kappa shape index (κ3) is 6.17. The van der Waals surface area contributed by atoms with E-state index in [4.69, 9.17) is 10.5 Å². The highest BCUT2D eigenvalue weighted by atomic mass is 16.5. The third-order valence-electron chi connectivity index (χ3n) is 3.16. The molecule has 0 radical (unpaired) electrons. The van der Waals surface area contributed by atoms with Gasteiger partial charge in [-0.1, -0.05) is 44.2 Å². The fourth-order valence-electron chi connectivity index (χ4n) is 2.16. The highest BCUT2D eigenvalue weighted by Gasteiger charge is 2.20. The summed E-state index contributed by atoms with van der Waals surface area (Å²) in [5.74, 6) is 0.211. The summed E-state index contributed by atoms with van der Waals surface area (Å²) in [6.45, 7) is 4.77. The second kappa shape index (κ2) is 8.72. The number of hydrogen-bond acceptors (Lipinski definition) is 4. The molecule has 4 heteroatoms. The van der Waals surface area contributed by atoms with Gasteiger partial charge < -0.3 is 15.8 Å². The maximum absolute atomic E-state index is 11.7. The molecule has 0 amide bonds. The van der Waals surface area contributed by atoms with E-state index < -0.39 is 0 Å². The molecule has 0 bridgehead atoms. The van der Waals surface area contributed by atoms with Gasteiger partial charge in [-0.05, 0) is 24.3 Å². The second-order valence-electron chi connectivity index (χ2n) is 5.56. The van der Waals surface area contributed by atoms with Gasteiger partial charge in [-0.25, -0.2) is 0 Å². The van der Waals surface area contributed by atoms with Gasteiger partial charge >= 0.3 is 5.97 Å². The van der Waals surface area contributed by atoms with Crippen molar-refractivity contribution in [2.75, 3.05) is 13.7 Å². The first kappa shape index (κ1) is 16.7. The minimum atomic E-state index is -0.276. The van der Waals surface area contributed by atoms with E-state index in [9.17, 15) is 4.79 Å². The number of hydrogen-bond donors (Lipinski definition) is 2. The van der Waals surface area contributed by atoms with E-state index >= 15 is 0 Å². The molecule has 0 saturated carbocycles. The van der Waals surface area contributed by atoms with Crippen LogP contribution in [0.1, 0.15) is 25.8 Å². The fourth-order valence-corrected chi connectivity index (χ4v) is 2.16. The first-order chi connectivity index (χ1) is 9.52. The van der Waals surface area contributed by atoms with Crippen LogP contribution in [0.5, 0.6) is 0 Å². The summed E-state index contributed by atoms with van der Waals surface area (Å²) in [6.07, 6.45) is 1.55. The minimum Gasteiger partial charge on any atom is -0.468 e. The van der Waals surface area contributed by atoms with Crippen molar-refractivity contribution in [1.82, 2.24) is 5.32 Å². The summed E-state index contributed by atoms with van der Waals surface area (Å²) in [5.41, 5.74) is 7.32. The average Bonchev–Trinajstić information content (AvgIpc) is 2.43. The van der Waals surface area contributed by atoms with Crippen molar-refractivity contribution < 1.29 is 9.53 Å². The Morgan fingerprint density at radius 1 is 1.30 bits per heavy atom. The Kier molecular flexibility index (Phi) is 7.26. The molecule has 0 heterocycles. The molecule has 0 aliphatic rings. The topological polar surface area (TPSA) is 64.3 Å². The molecule has 4 nitrogen and oxygen atoms in total. The molecule has 0 spiro atoms. The van der Waals surface area contributed by atoms with Gasteiger partial charge in [0.1, 0.15) is 6.04 Å². The fraction of sp³-hybridized carbons (Fsp3) is 0.562. The smallest absolute Gasteiger partial charge is 0.322 e. The number of benzene rings is 1. The van der Waals surface area contributed by atoms with Crippen LogP contribution in [0.15, 0.2) is 30.3 Å². The predicted molar refractivity (Wildman–Crippen MR) is 81.4 cm³/mol. The van der Waals surface area contributed by atoms with Crippen LogP contribution >= 0.6 is 0 Å². The van der Waals surface area contributed by atoms with Crippen molar-refractivity contribution in [2.45, 2.75) is 38.8 Å². The lowest BCUT2D eigenvalue weighted by Crippen LogP contribution is -2.45. The minimum absolute atomic E-state index is 0.0169. The standard InChI is InChI=1S/C16H26N2O2/c1-12(2)9-15(16(19)20-3)18-11-14(17)10-13-7-5-4-6-8-13/h4-8,12,14-15,18H,9-11,17H2,1-3H3/t14?,15-/m0/s1. The summed E-state index contributed by atoms with van der Waals surface area (Å²) in [5, 5.41) is 3.22. The molecular weight excluding hydrogens is 252 g/mol. The lowest BCUT2D eigenvalue weighted by atomic mass is 10.0. The Bertz CT molecular complexity index is 393. The van der Waals surface area contributed by atoms with Crippen LogP contribution in [0.3, 0.4) is 0 Å². The van der Waals surface area contributed by atoms with Gasteiger partial charge in [-0.2, -0.15) is 0 Å². The van der Waals surface area contributed by atoms with E-state index in [1.54, 1.807) is 0 Å². The predicted octanol–water partition coefficient (Wildman–Crippen LogP) is 1.73. The summed E-state index contributed by atoms with van der Waals surface area (Å²) in [6, 6.07) is 9.83. The lowest BCUT2D eigenvalue weighted by molar-refractivity contribution is -0.143. The van der Waals surface area contributed by atoms with Gasteiger partial charge in [-0.3, -0.25) is 4.79 Å². The molecule has 1 aromatic rings. The molecule has 2 atom stereocenters. The first-order valence-corrected chi connectivity index (χ1v) is 7.13. The Balaban J connectivity index is 2.43. The zero-order chi connectivity index (χ0) is 15.0. The number of nitrogens with two attached hydrogens (primary N) is 1. The SMILES string of the molecule is COC(=O)[C@H](CC(C)C)NCC(N)Cc1ccccc1. The molecule has 20 heavy (non-hydrogen) atoms. The molecule has 112 valence electrons. The Morgan fingerprint density at radius 3 is 2.50 bits per heavy atom. The summed E-state index contributed by atoms with van der Waals surface area (Å²) in [7, 11) is 1.42. The van der Waals surface area contributed by atoms with Crippen molar-refractivity contribution >= 4 is 5.97 Å². The monoisotopic (exact) mass is 278 g/mol. The molecule has 1 unspecified atom stereocenters. The molecular formula is C16H26N2O2. The van der Waals surface area contributed by atoms with Crippen LogP contribution in [-0.4, -0.2) is 31.7 Å². The van der Waals surface area contributed by atoms with Crippen LogP contribution in [0.25, 0.3) is 0 Å². The molecule has 1 rings (SSSR count). The first-order valence-electron chi connectivity index (χ1n) is 7.13. The normalized spacial score (nSPS) is 14.1. The van der Waals surface area contributed by atoms with Crippen LogP contribution < -0.4 is 11.1 Å². The Hall–Kier alpha value is -1.39. The number of nitrogens with one attached hydrogen (secondary N) is 1. The highest BCUT2D eigenvalue weighted by molar-refractivity contribution is 5.75. The number of rotatable bonds is 8. The molecule has 1 aromatic carbocycles. The van der Waals surface area contributed by atoms with E-state index in [0.29, 0.717) is 12.5 Å². The van der Waals surface area contributed by atoms with E-state index in [1.165, 1.54) is 12.7 Å². The van der Waals surface area contributed by atoms with Gasteiger partial charge in [0.2, 0.25) is 0 Å². The van der Waals surface area contributed by atoms with Gasteiger partial charge in [-0.15, -0.1) is 0 Å². The number of carbonyl (C=O) groups excluding carboxylic acids is 1. The summed E-state index contributed by atoms with van der Waals surface area (Å²) < 4.78 is 4.82. The largest absolute Gasteiger partial charge is 0.468 e. The molecule has 0 aliphatic carbocycles. The van der Waals surface area contributed by atoms with Crippen LogP contribution in [-0.2, 0) is 16.0 Å². The molecule has 0 aliphatic heterocycles. The quantitative estimate of drug-likeness (QED) is 0.711. The molecule has 0 saturated heterocycles. The number of ether oxygens (including phenoxy) is 1. The molecule has 0 aromatic heterocycles. The maximum Gasteiger partial charge on any atom is 0.322 e. The van der Waals surface area contributed by atoms with E-state index in [-0.39, 0.29) is 18.1 Å². The van der Waals surface area contributed by atoms with E-state index in [1.807, 2.05) is 18.2 Å². The highest BCUT2D eigenvalue weighted by Crippen LogP contribution is 2.07. The molecule has 3 N–H and O–H groups in total. The van der Waals surface area contributed by atoms with Crippen molar-refractivity contribution in [2.24, 2.45) is 11.7 Å². The van der Waals surface area contributed by atoms with Crippen molar-refractivity contribution in [3.05, 3.63) is 35.9 Å². The van der Waals surface area contributed by atoms with Crippen LogP contribution in [0.2, 0.25) is 0 Å². The summed E-state index contributed by atoms with van der Waals surface area (Å²) >= 11 is 0. The summed E-state index contributed by atoms with van der Waals surface area (Å²) in [4.78, 5) is 11.7. The van der Waals surface area contributed by atoms with Gasteiger partial charge in [0.25, 0.3) is 0 Å². The van der Waals surface area contributed by atoms with Gasteiger partial charge in [0.15, 0.2) is 0 Å². The number of esters is 1. The number of methoxy groups -OCH3 is 1. The zero-order valence-corrected chi connectivity index (χ0v) is 12.6. The molecule has 0 fully saturated rings. The van der Waals surface area contributed by atoms with Crippen LogP contribution in [0, 0.1) is 5.92 Å². The Labute approximate surface area is 121 Å². The average molecular weight is 278 g/mol. The van der Waals surface area contributed by atoms with Crippen molar-refractivity contribution in [1.29, 1.82) is 0 Å².